The molecule has 0 amide bonds. The summed E-state index contributed by atoms with van der Waals surface area (Å²) in [6, 6.07) is 0. The van der Waals surface area contributed by atoms with Gasteiger partial charge in [-0.3, -0.25) is 0 Å². The monoisotopic (exact) mass is 143 g/mol. The molecule has 62 valence electrons. The molecule has 0 aromatic rings. The first kappa shape index (κ1) is 9.96. The van der Waals surface area contributed by atoms with Gasteiger partial charge in [-0.15, -0.1) is 0 Å². The fourth-order valence-corrected chi connectivity index (χ4v) is 1.42. The van der Waals surface area contributed by atoms with Crippen LogP contribution in [0, 0.1) is 5.92 Å². The highest BCUT2D eigenvalue weighted by Crippen LogP contribution is 2.12. The summed E-state index contributed by atoms with van der Waals surface area (Å²) in [5, 5.41) is 0. The van der Waals surface area contributed by atoms with Crippen LogP contribution in [0.4, 0.5) is 0 Å². The van der Waals surface area contributed by atoms with Gasteiger partial charge in [0.15, 0.2) is 0 Å². The van der Waals surface area contributed by atoms with Crippen molar-refractivity contribution in [2.45, 2.75) is 33.6 Å². The van der Waals surface area contributed by atoms with Crippen molar-refractivity contribution < 1.29 is 0 Å². The molecule has 1 heterocycles. The summed E-state index contributed by atoms with van der Waals surface area (Å²) in [5.74, 6) is 0.939. The van der Waals surface area contributed by atoms with Gasteiger partial charge in [0, 0.05) is 6.54 Å². The van der Waals surface area contributed by atoms with E-state index >= 15 is 0 Å². The fraction of sp³-hybridized carbons (Fsp3) is 1.00. The van der Waals surface area contributed by atoms with Gasteiger partial charge in [0.2, 0.25) is 0 Å². The molecule has 0 spiro atoms. The zero-order valence-corrected chi connectivity index (χ0v) is 7.85. The van der Waals surface area contributed by atoms with Crippen molar-refractivity contribution >= 4 is 0 Å². The third kappa shape index (κ3) is 3.89. The van der Waals surface area contributed by atoms with Gasteiger partial charge in [0.1, 0.15) is 0 Å². The minimum absolute atomic E-state index is 0.939. The van der Waals surface area contributed by atoms with Gasteiger partial charge in [0.05, 0.1) is 0 Å². The van der Waals surface area contributed by atoms with Crippen molar-refractivity contribution in [3.63, 3.8) is 0 Å². The number of hydrogen-bond acceptors (Lipinski definition) is 1. The third-order valence-corrected chi connectivity index (χ3v) is 1.86. The lowest BCUT2D eigenvalue weighted by Gasteiger charge is -2.26. The van der Waals surface area contributed by atoms with Crippen molar-refractivity contribution in [3.8, 4) is 0 Å². The first-order valence-corrected chi connectivity index (χ1v) is 4.47. The molecule has 1 fully saturated rings. The third-order valence-electron chi connectivity index (χ3n) is 1.86. The van der Waals surface area contributed by atoms with Crippen molar-refractivity contribution in [1.82, 2.24) is 4.90 Å². The number of likely N-dealkylation sites (tertiary alicyclic amines) is 1. The smallest absolute Gasteiger partial charge is 0.000398 e. The highest BCUT2D eigenvalue weighted by molar-refractivity contribution is 4.65. The maximum atomic E-state index is 2.41. The quantitative estimate of drug-likeness (QED) is 0.503. The Bertz CT molecular complexity index is 63.1. The summed E-state index contributed by atoms with van der Waals surface area (Å²) in [6.45, 7) is 8.94. The van der Waals surface area contributed by atoms with E-state index in [0.29, 0.717) is 0 Å². The average Bonchev–Trinajstić information content (AvgIpc) is 1.91. The minimum atomic E-state index is 0.939. The molecule has 1 aliphatic heterocycles. The summed E-state index contributed by atoms with van der Waals surface area (Å²) in [4.78, 5) is 2.41. The molecule has 0 unspecified atom stereocenters. The van der Waals surface area contributed by atoms with E-state index in [1.807, 2.05) is 13.8 Å². The fourth-order valence-electron chi connectivity index (χ4n) is 1.42. The van der Waals surface area contributed by atoms with Crippen molar-refractivity contribution in [2.75, 3.05) is 20.1 Å². The van der Waals surface area contributed by atoms with Crippen molar-refractivity contribution in [3.05, 3.63) is 0 Å². The van der Waals surface area contributed by atoms with Crippen LogP contribution in [0.3, 0.4) is 0 Å². The number of piperidine rings is 1. The van der Waals surface area contributed by atoms with Crippen LogP contribution in [0.2, 0.25) is 0 Å². The van der Waals surface area contributed by atoms with Gasteiger partial charge in [-0.05, 0) is 32.4 Å². The highest BCUT2D eigenvalue weighted by Gasteiger charge is 2.11. The second-order valence-electron chi connectivity index (χ2n) is 3.01. The molecule has 1 atom stereocenters. The maximum Gasteiger partial charge on any atom is 0.000398 e. The first-order valence-electron chi connectivity index (χ1n) is 4.47. The van der Waals surface area contributed by atoms with Gasteiger partial charge in [-0.1, -0.05) is 20.8 Å². The summed E-state index contributed by atoms with van der Waals surface area (Å²) in [5.41, 5.74) is 0. The van der Waals surface area contributed by atoms with Gasteiger partial charge < -0.3 is 4.90 Å². The second kappa shape index (κ2) is 5.72. The van der Waals surface area contributed by atoms with Crippen molar-refractivity contribution in [1.29, 1.82) is 0 Å². The maximum absolute atomic E-state index is 2.41. The molecule has 1 aliphatic rings. The van der Waals surface area contributed by atoms with E-state index in [1.165, 1.54) is 25.9 Å². The van der Waals surface area contributed by atoms with Crippen LogP contribution < -0.4 is 0 Å². The Labute approximate surface area is 65.4 Å². The minimum Gasteiger partial charge on any atom is -0.306 e. The van der Waals surface area contributed by atoms with E-state index in [2.05, 4.69) is 18.9 Å². The van der Waals surface area contributed by atoms with Crippen LogP contribution in [0.1, 0.15) is 33.6 Å². The van der Waals surface area contributed by atoms with Gasteiger partial charge in [0.25, 0.3) is 0 Å². The van der Waals surface area contributed by atoms with Gasteiger partial charge in [-0.25, -0.2) is 0 Å². The molecule has 0 bridgehead atoms. The lowest BCUT2D eigenvalue weighted by molar-refractivity contribution is 0.221. The second-order valence-corrected chi connectivity index (χ2v) is 3.01. The molecular formula is C9H21N. The Kier molecular flexibility index (Phi) is 5.70. The SMILES string of the molecule is CC.C[C@H]1CCCN(C)C1. The topological polar surface area (TPSA) is 3.24 Å². The Balaban J connectivity index is 0.000000371. The lowest BCUT2D eigenvalue weighted by Crippen LogP contribution is -2.30. The van der Waals surface area contributed by atoms with Crippen LogP contribution >= 0.6 is 0 Å². The van der Waals surface area contributed by atoms with Crippen LogP contribution in [0.25, 0.3) is 0 Å². The van der Waals surface area contributed by atoms with Gasteiger partial charge >= 0.3 is 0 Å². The molecule has 10 heavy (non-hydrogen) atoms. The van der Waals surface area contributed by atoms with Crippen molar-refractivity contribution in [2.24, 2.45) is 5.92 Å². The predicted octanol–water partition coefficient (Wildman–Crippen LogP) is 2.37. The Morgan fingerprint density at radius 1 is 1.30 bits per heavy atom. The zero-order chi connectivity index (χ0) is 7.98. The van der Waals surface area contributed by atoms with Crippen LogP contribution in [-0.4, -0.2) is 25.0 Å². The standard InChI is InChI=1S/C7H15N.C2H6/c1-7-4-3-5-8(2)6-7;1-2/h7H,3-6H2,1-2H3;1-2H3/t7-;/m0./s1. The highest BCUT2D eigenvalue weighted by atomic mass is 15.1. The molecular weight excluding hydrogens is 122 g/mol. The average molecular weight is 143 g/mol. The van der Waals surface area contributed by atoms with Crippen LogP contribution in [0.5, 0.6) is 0 Å². The number of rotatable bonds is 0. The molecule has 0 aliphatic carbocycles. The van der Waals surface area contributed by atoms with E-state index in [4.69, 9.17) is 0 Å². The van der Waals surface area contributed by atoms with E-state index < -0.39 is 0 Å². The van der Waals surface area contributed by atoms with Gasteiger partial charge in [-0.2, -0.15) is 0 Å². The molecule has 0 aromatic heterocycles. The largest absolute Gasteiger partial charge is 0.306 e. The molecule has 1 rings (SSSR count). The van der Waals surface area contributed by atoms with E-state index in [1.54, 1.807) is 0 Å². The molecule has 0 saturated carbocycles. The predicted molar refractivity (Wildman–Crippen MR) is 47.2 cm³/mol. The molecule has 0 aromatic carbocycles. The van der Waals surface area contributed by atoms with Crippen LogP contribution in [0.15, 0.2) is 0 Å². The summed E-state index contributed by atoms with van der Waals surface area (Å²) in [6.07, 6.45) is 2.84. The Hall–Kier alpha value is -0.0400. The first-order chi connectivity index (χ1) is 4.79. The number of nitrogens with zero attached hydrogens (tertiary/aromatic N) is 1. The molecule has 1 saturated heterocycles. The Morgan fingerprint density at radius 2 is 1.90 bits per heavy atom. The summed E-state index contributed by atoms with van der Waals surface area (Å²) < 4.78 is 0. The normalized spacial score (nSPS) is 27.0. The molecule has 0 radical (unpaired) electrons. The van der Waals surface area contributed by atoms with E-state index in [9.17, 15) is 0 Å². The molecule has 0 N–H and O–H groups in total. The lowest BCUT2D eigenvalue weighted by atomic mass is 10.0. The van der Waals surface area contributed by atoms with E-state index in [0.717, 1.165) is 5.92 Å². The molecule has 1 nitrogen and oxygen atoms in total. The summed E-state index contributed by atoms with van der Waals surface area (Å²) in [7, 11) is 2.20. The Morgan fingerprint density at radius 3 is 2.20 bits per heavy atom. The van der Waals surface area contributed by atoms with E-state index in [-0.39, 0.29) is 0 Å². The van der Waals surface area contributed by atoms with Crippen LogP contribution in [-0.2, 0) is 0 Å². The molecule has 1 heteroatoms. The number of hydrogen-bond donors (Lipinski definition) is 0. The summed E-state index contributed by atoms with van der Waals surface area (Å²) >= 11 is 0. The zero-order valence-electron chi connectivity index (χ0n) is 7.85.